The van der Waals surface area contributed by atoms with Crippen LogP contribution in [0.3, 0.4) is 0 Å². The minimum Gasteiger partial charge on any atom is -0.505 e. The molecule has 11 heavy (non-hydrogen) atoms. The maximum Gasteiger partial charge on any atom is 0.196 e. The highest BCUT2D eigenvalue weighted by Crippen LogP contribution is 2.01. The molecular weight excluding hydrogens is 140 g/mol. The number of allylic oxidation sites excluding steroid dienone is 2. The predicted molar refractivity (Wildman–Crippen MR) is 45.5 cm³/mol. The summed E-state index contributed by atoms with van der Waals surface area (Å²) in [5, 5.41) is 9.06. The maximum atomic E-state index is 10.8. The summed E-state index contributed by atoms with van der Waals surface area (Å²) in [6.45, 7) is 3.82. The summed E-state index contributed by atoms with van der Waals surface area (Å²) in [5.74, 6) is -0.234. The zero-order valence-electron chi connectivity index (χ0n) is 7.26. The SMILES string of the molecule is CCCCC=C(O)C(=O)CC. The normalized spacial score (nSPS) is 11.6. The van der Waals surface area contributed by atoms with Gasteiger partial charge in [0, 0.05) is 6.42 Å². The lowest BCUT2D eigenvalue weighted by atomic mass is 10.2. The van der Waals surface area contributed by atoms with Gasteiger partial charge in [-0.3, -0.25) is 4.79 Å². The second-order valence-corrected chi connectivity index (χ2v) is 2.51. The smallest absolute Gasteiger partial charge is 0.196 e. The predicted octanol–water partition coefficient (Wildman–Crippen LogP) is 2.60. The number of rotatable bonds is 5. The van der Waals surface area contributed by atoms with Crippen molar-refractivity contribution in [1.29, 1.82) is 0 Å². The van der Waals surface area contributed by atoms with Gasteiger partial charge in [-0.25, -0.2) is 0 Å². The molecule has 0 bridgehead atoms. The van der Waals surface area contributed by atoms with Crippen molar-refractivity contribution in [2.75, 3.05) is 0 Å². The number of unbranched alkanes of at least 4 members (excludes halogenated alkanes) is 2. The first kappa shape index (κ1) is 10.2. The van der Waals surface area contributed by atoms with Gasteiger partial charge in [0.2, 0.25) is 0 Å². The van der Waals surface area contributed by atoms with Crippen molar-refractivity contribution in [3.63, 3.8) is 0 Å². The molecule has 0 saturated heterocycles. The fourth-order valence-corrected chi connectivity index (χ4v) is 0.738. The molecule has 0 saturated carbocycles. The standard InChI is InChI=1S/C9H16O2/c1-3-5-6-7-9(11)8(10)4-2/h7,11H,3-6H2,1-2H3. The number of hydrogen-bond acceptors (Lipinski definition) is 2. The zero-order valence-corrected chi connectivity index (χ0v) is 7.26. The highest BCUT2D eigenvalue weighted by molar-refractivity contribution is 5.92. The third kappa shape index (κ3) is 4.59. The van der Waals surface area contributed by atoms with Gasteiger partial charge in [0.25, 0.3) is 0 Å². The van der Waals surface area contributed by atoms with Crippen LogP contribution in [0.5, 0.6) is 0 Å². The molecule has 0 radical (unpaired) electrons. The van der Waals surface area contributed by atoms with Gasteiger partial charge < -0.3 is 5.11 Å². The van der Waals surface area contributed by atoms with E-state index >= 15 is 0 Å². The van der Waals surface area contributed by atoms with E-state index in [1.54, 1.807) is 13.0 Å². The van der Waals surface area contributed by atoms with Crippen LogP contribution >= 0.6 is 0 Å². The van der Waals surface area contributed by atoms with Crippen molar-refractivity contribution < 1.29 is 9.90 Å². The number of aliphatic hydroxyl groups is 1. The van der Waals surface area contributed by atoms with Crippen LogP contribution in [-0.4, -0.2) is 10.9 Å². The topological polar surface area (TPSA) is 37.3 Å². The van der Waals surface area contributed by atoms with E-state index in [9.17, 15) is 4.79 Å². The molecule has 0 atom stereocenters. The first-order chi connectivity index (χ1) is 5.22. The Kier molecular flexibility index (Phi) is 5.53. The monoisotopic (exact) mass is 156 g/mol. The lowest BCUT2D eigenvalue weighted by Gasteiger charge is -1.94. The molecule has 0 amide bonds. The van der Waals surface area contributed by atoms with Gasteiger partial charge in [0.1, 0.15) is 0 Å². The molecule has 0 aromatic heterocycles. The van der Waals surface area contributed by atoms with Gasteiger partial charge in [-0.15, -0.1) is 0 Å². The molecule has 0 fully saturated rings. The molecule has 0 spiro atoms. The van der Waals surface area contributed by atoms with Gasteiger partial charge >= 0.3 is 0 Å². The minimum atomic E-state index is -0.166. The van der Waals surface area contributed by atoms with Crippen molar-refractivity contribution in [2.24, 2.45) is 0 Å². The zero-order chi connectivity index (χ0) is 8.69. The fraction of sp³-hybridized carbons (Fsp3) is 0.667. The summed E-state index contributed by atoms with van der Waals surface area (Å²) in [6, 6.07) is 0. The lowest BCUT2D eigenvalue weighted by molar-refractivity contribution is -0.117. The molecule has 64 valence electrons. The number of hydrogen-bond donors (Lipinski definition) is 1. The average molecular weight is 156 g/mol. The third-order valence-corrected chi connectivity index (χ3v) is 1.50. The van der Waals surface area contributed by atoms with E-state index in [2.05, 4.69) is 6.92 Å². The van der Waals surface area contributed by atoms with Crippen LogP contribution < -0.4 is 0 Å². The van der Waals surface area contributed by atoms with Crippen LogP contribution in [0.25, 0.3) is 0 Å². The van der Waals surface area contributed by atoms with Crippen LogP contribution in [0.1, 0.15) is 39.5 Å². The molecule has 0 rings (SSSR count). The first-order valence-corrected chi connectivity index (χ1v) is 4.14. The molecule has 0 aromatic carbocycles. The fourth-order valence-electron chi connectivity index (χ4n) is 0.738. The Balaban J connectivity index is 3.71. The van der Waals surface area contributed by atoms with E-state index in [1.807, 2.05) is 0 Å². The van der Waals surface area contributed by atoms with Crippen molar-refractivity contribution in [1.82, 2.24) is 0 Å². The van der Waals surface area contributed by atoms with E-state index in [4.69, 9.17) is 5.11 Å². The maximum absolute atomic E-state index is 10.8. The average Bonchev–Trinajstić information content (AvgIpc) is 2.03. The molecule has 0 aliphatic heterocycles. The van der Waals surface area contributed by atoms with E-state index in [1.165, 1.54) is 0 Å². The van der Waals surface area contributed by atoms with Crippen LogP contribution in [0.2, 0.25) is 0 Å². The van der Waals surface area contributed by atoms with Crippen molar-refractivity contribution >= 4 is 5.78 Å². The largest absolute Gasteiger partial charge is 0.505 e. The summed E-state index contributed by atoms with van der Waals surface area (Å²) in [7, 11) is 0. The van der Waals surface area contributed by atoms with Crippen LogP contribution in [0.4, 0.5) is 0 Å². The Morgan fingerprint density at radius 2 is 2.09 bits per heavy atom. The summed E-state index contributed by atoms with van der Waals surface area (Å²) in [6.07, 6.45) is 4.91. The Labute approximate surface area is 67.9 Å². The molecule has 2 heteroatoms. The number of ketones is 1. The molecule has 0 heterocycles. The molecule has 2 nitrogen and oxygen atoms in total. The minimum absolute atomic E-state index is 0.0686. The molecule has 0 aromatic rings. The number of carbonyl (C=O) groups excluding carboxylic acids is 1. The molecule has 0 aliphatic rings. The van der Waals surface area contributed by atoms with Crippen molar-refractivity contribution in [2.45, 2.75) is 39.5 Å². The van der Waals surface area contributed by atoms with Crippen LogP contribution in [-0.2, 0) is 4.79 Å². The Morgan fingerprint density at radius 1 is 1.45 bits per heavy atom. The van der Waals surface area contributed by atoms with E-state index in [0.29, 0.717) is 6.42 Å². The van der Waals surface area contributed by atoms with Gasteiger partial charge in [-0.1, -0.05) is 20.3 Å². The van der Waals surface area contributed by atoms with Gasteiger partial charge in [-0.05, 0) is 18.9 Å². The summed E-state index contributed by atoms with van der Waals surface area (Å²) < 4.78 is 0. The third-order valence-electron chi connectivity index (χ3n) is 1.50. The second kappa shape index (κ2) is 5.96. The highest BCUT2D eigenvalue weighted by Gasteiger charge is 2.01. The van der Waals surface area contributed by atoms with E-state index < -0.39 is 0 Å². The number of Topliss-reactive ketones (excluding diaryl/α,β-unsaturated/α-hetero) is 1. The first-order valence-electron chi connectivity index (χ1n) is 4.14. The van der Waals surface area contributed by atoms with Gasteiger partial charge in [-0.2, -0.15) is 0 Å². The summed E-state index contributed by atoms with van der Waals surface area (Å²) in [4.78, 5) is 10.8. The van der Waals surface area contributed by atoms with Gasteiger partial charge in [0.05, 0.1) is 0 Å². The highest BCUT2D eigenvalue weighted by atomic mass is 16.3. The van der Waals surface area contributed by atoms with E-state index in [-0.39, 0.29) is 11.5 Å². The number of aliphatic hydroxyl groups excluding tert-OH is 1. The molecular formula is C9H16O2. The lowest BCUT2D eigenvalue weighted by Crippen LogP contribution is -1.98. The Morgan fingerprint density at radius 3 is 2.55 bits per heavy atom. The summed E-state index contributed by atoms with van der Waals surface area (Å²) in [5.41, 5.74) is 0. The molecule has 0 unspecified atom stereocenters. The van der Waals surface area contributed by atoms with Crippen LogP contribution in [0.15, 0.2) is 11.8 Å². The summed E-state index contributed by atoms with van der Waals surface area (Å²) >= 11 is 0. The molecule has 0 aliphatic carbocycles. The van der Waals surface area contributed by atoms with Crippen molar-refractivity contribution in [3.05, 3.63) is 11.8 Å². The quantitative estimate of drug-likeness (QED) is 0.377. The van der Waals surface area contributed by atoms with E-state index in [0.717, 1.165) is 19.3 Å². The molecule has 1 N–H and O–H groups in total. The number of carbonyl (C=O) groups is 1. The second-order valence-electron chi connectivity index (χ2n) is 2.51. The van der Waals surface area contributed by atoms with Crippen molar-refractivity contribution in [3.8, 4) is 0 Å². The van der Waals surface area contributed by atoms with Crippen LogP contribution in [0, 0.1) is 0 Å². The van der Waals surface area contributed by atoms with Gasteiger partial charge in [0.15, 0.2) is 11.5 Å². The Bertz CT molecular complexity index is 148. The Hall–Kier alpha value is -0.790.